The van der Waals surface area contributed by atoms with Crippen LogP contribution in [0.1, 0.15) is 58.3 Å². The molecule has 0 bridgehead atoms. The summed E-state index contributed by atoms with van der Waals surface area (Å²) in [5.41, 5.74) is 32.2. The summed E-state index contributed by atoms with van der Waals surface area (Å²) in [6.07, 6.45) is 9.17. The molecule has 2 unspecified atom stereocenters. The first-order valence-corrected chi connectivity index (χ1v) is 21.2. The second kappa shape index (κ2) is 20.6. The average Bonchev–Trinajstić information content (AvgIpc) is 3.03. The van der Waals surface area contributed by atoms with Crippen LogP contribution in [0, 0.1) is 0 Å². The number of nitrogens with one attached hydrogen (secondary N) is 5. The van der Waals surface area contributed by atoms with E-state index >= 15 is 0 Å². The number of nitrogens with zero attached hydrogens (tertiary/aromatic N) is 3. The highest BCUT2D eigenvalue weighted by molar-refractivity contribution is 7.83. The van der Waals surface area contributed by atoms with E-state index in [0.29, 0.717) is 13.2 Å². The molecule has 0 spiro atoms. The van der Waals surface area contributed by atoms with E-state index < -0.39 is 22.5 Å². The van der Waals surface area contributed by atoms with Gasteiger partial charge >= 0.3 is 0 Å². The van der Waals surface area contributed by atoms with Crippen molar-refractivity contribution in [1.82, 2.24) is 25.4 Å². The van der Waals surface area contributed by atoms with E-state index in [2.05, 4.69) is 56.6 Å². The van der Waals surface area contributed by atoms with E-state index in [9.17, 15) is 0 Å². The van der Waals surface area contributed by atoms with Gasteiger partial charge in [0.2, 0.25) is 22.5 Å². The van der Waals surface area contributed by atoms with E-state index in [0.717, 1.165) is 48.5 Å². The third-order valence-electron chi connectivity index (χ3n) is 7.03. The third-order valence-corrected chi connectivity index (χ3v) is 16.5. The number of nitrogens with two attached hydrogens (primary N) is 5. The van der Waals surface area contributed by atoms with Gasteiger partial charge < -0.3 is 32.4 Å². The lowest BCUT2D eigenvalue weighted by atomic mass is 10.1. The lowest BCUT2D eigenvalue weighted by Gasteiger charge is -2.35. The van der Waals surface area contributed by atoms with Gasteiger partial charge in [0.15, 0.2) is 0 Å². The Kier molecular flexibility index (Phi) is 17.4. The van der Waals surface area contributed by atoms with Crippen molar-refractivity contribution in [3.63, 3.8) is 0 Å². The van der Waals surface area contributed by atoms with Crippen LogP contribution < -0.4 is 63.3 Å². The molecule has 2 atom stereocenters. The quantitative estimate of drug-likeness (QED) is 0.0408. The van der Waals surface area contributed by atoms with Crippen LogP contribution in [0.3, 0.4) is 0 Å². The Balaban J connectivity index is 1.48. The second-order valence-electron chi connectivity index (χ2n) is 10.7. The molecule has 2 aromatic carbocycles. The standard InChI is InChI=1S/C28H56N13O2P3/c1-2-3-4-5-6-8-19-42-27-14-10-25(11-15-27)26-12-16-28(17-13-26)43-20-9-7-18-34-45(36-22-30)39-44(33,35-21-29)40-46(41-45,37-23-31)38-24-32/h10-17,34-38H,2-9,18-24,29-33H2,1H3. The summed E-state index contributed by atoms with van der Waals surface area (Å²) in [6.45, 7) is 4.66. The van der Waals surface area contributed by atoms with Crippen LogP contribution in [0.2, 0.25) is 0 Å². The molecule has 3 rings (SSSR count). The van der Waals surface area contributed by atoms with E-state index in [1.807, 2.05) is 24.3 Å². The summed E-state index contributed by atoms with van der Waals surface area (Å²) in [6, 6.07) is 16.4. The van der Waals surface area contributed by atoms with Gasteiger partial charge in [0.05, 0.1) is 39.9 Å². The first-order chi connectivity index (χ1) is 22.3. The minimum absolute atomic E-state index is 0.101. The normalized spacial score (nSPS) is 20.4. The zero-order valence-electron chi connectivity index (χ0n) is 27.1. The Bertz CT molecular complexity index is 1320. The maximum absolute atomic E-state index is 6.59. The number of rotatable bonds is 24. The zero-order chi connectivity index (χ0) is 33.1. The maximum atomic E-state index is 6.59. The number of hydrogen-bond acceptors (Lipinski definition) is 15. The highest BCUT2D eigenvalue weighted by Crippen LogP contribution is 2.69. The molecule has 0 saturated carbocycles. The number of unbranched alkanes of at least 4 members (excludes halogenated alkanes) is 6. The molecule has 1 aliphatic rings. The summed E-state index contributed by atoms with van der Waals surface area (Å²) in [5, 5.41) is 16.0. The molecule has 18 heteroatoms. The van der Waals surface area contributed by atoms with Gasteiger partial charge in [-0.1, -0.05) is 63.3 Å². The van der Waals surface area contributed by atoms with E-state index in [-0.39, 0.29) is 26.7 Å². The molecule has 46 heavy (non-hydrogen) atoms. The van der Waals surface area contributed by atoms with Crippen molar-refractivity contribution in [3.05, 3.63) is 48.5 Å². The largest absolute Gasteiger partial charge is 0.494 e. The van der Waals surface area contributed by atoms with Gasteiger partial charge in [0.1, 0.15) is 11.5 Å². The molecule has 15 nitrogen and oxygen atoms in total. The van der Waals surface area contributed by atoms with Crippen LogP contribution in [-0.2, 0) is 0 Å². The highest BCUT2D eigenvalue weighted by Gasteiger charge is 2.34. The molecule has 1 heterocycles. The Morgan fingerprint density at radius 1 is 0.543 bits per heavy atom. The molecule has 2 aromatic rings. The smallest absolute Gasteiger partial charge is 0.218 e. The van der Waals surface area contributed by atoms with Gasteiger partial charge in [-0.05, 0) is 54.7 Å². The highest BCUT2D eigenvalue weighted by atomic mass is 31.3. The second-order valence-corrected chi connectivity index (χ2v) is 18.1. The van der Waals surface area contributed by atoms with Gasteiger partial charge in [0.25, 0.3) is 0 Å². The molecule has 0 aliphatic carbocycles. The Labute approximate surface area is 274 Å². The predicted octanol–water partition coefficient (Wildman–Crippen LogP) is 4.68. The van der Waals surface area contributed by atoms with Gasteiger partial charge in [-0.2, -0.15) is 13.5 Å². The first kappa shape index (κ1) is 38.8. The summed E-state index contributed by atoms with van der Waals surface area (Å²) < 4.78 is 26.4. The SMILES string of the molecule is CCCCCCCCOc1ccc(-c2ccc(OCCCCNP3(NCN)=NP(NCN)(NCN)=NP(N)(NCN)=N3)cc2)cc1. The van der Waals surface area contributed by atoms with Crippen LogP contribution in [0.4, 0.5) is 0 Å². The van der Waals surface area contributed by atoms with Crippen LogP contribution in [0.15, 0.2) is 62.1 Å². The van der Waals surface area contributed by atoms with Crippen LogP contribution in [0.5, 0.6) is 11.5 Å². The lowest BCUT2D eigenvalue weighted by molar-refractivity contribution is 0.304. The topological polar surface area (TPSA) is 246 Å². The number of benzene rings is 2. The molecule has 0 aromatic heterocycles. The molecular weight excluding hydrogens is 643 g/mol. The molecule has 0 fully saturated rings. The Morgan fingerprint density at radius 2 is 1.00 bits per heavy atom. The molecule has 0 radical (unpaired) electrons. The third kappa shape index (κ3) is 12.7. The summed E-state index contributed by atoms with van der Waals surface area (Å²) in [4.78, 5) is 0. The summed E-state index contributed by atoms with van der Waals surface area (Å²) in [5.74, 6) is 1.74. The Morgan fingerprint density at radius 3 is 1.50 bits per heavy atom. The van der Waals surface area contributed by atoms with Crippen molar-refractivity contribution in [1.29, 1.82) is 0 Å². The molecule has 15 N–H and O–H groups in total. The fourth-order valence-electron chi connectivity index (χ4n) is 4.79. The van der Waals surface area contributed by atoms with Crippen molar-refractivity contribution in [2.75, 3.05) is 46.4 Å². The molecular formula is C28H56N13O2P3. The van der Waals surface area contributed by atoms with Crippen molar-refractivity contribution < 1.29 is 9.47 Å². The van der Waals surface area contributed by atoms with E-state index in [1.165, 1.54) is 32.1 Å². The van der Waals surface area contributed by atoms with Crippen molar-refractivity contribution >= 4 is 22.5 Å². The molecule has 1 aliphatic heterocycles. The summed E-state index contributed by atoms with van der Waals surface area (Å²) >= 11 is 0. The molecule has 260 valence electrons. The fourth-order valence-corrected chi connectivity index (χ4v) is 15.1. The summed E-state index contributed by atoms with van der Waals surface area (Å²) in [7, 11) is -8.46. The van der Waals surface area contributed by atoms with Crippen LogP contribution in [-0.4, -0.2) is 46.4 Å². The predicted molar refractivity (Wildman–Crippen MR) is 194 cm³/mol. The van der Waals surface area contributed by atoms with Gasteiger partial charge in [0, 0.05) is 6.54 Å². The van der Waals surface area contributed by atoms with Crippen molar-refractivity contribution in [2.24, 2.45) is 42.0 Å². The lowest BCUT2D eigenvalue weighted by Crippen LogP contribution is -2.34. The van der Waals surface area contributed by atoms with Crippen molar-refractivity contribution in [3.8, 4) is 22.6 Å². The van der Waals surface area contributed by atoms with Crippen LogP contribution in [0.25, 0.3) is 11.1 Å². The van der Waals surface area contributed by atoms with E-state index in [4.69, 9.17) is 51.5 Å². The fraction of sp³-hybridized carbons (Fsp3) is 0.571. The zero-order valence-corrected chi connectivity index (χ0v) is 29.8. The monoisotopic (exact) mass is 699 g/mol. The minimum Gasteiger partial charge on any atom is -0.494 e. The first-order valence-electron chi connectivity index (χ1n) is 16.1. The van der Waals surface area contributed by atoms with Gasteiger partial charge in [-0.15, -0.1) is 0 Å². The maximum Gasteiger partial charge on any atom is 0.218 e. The minimum atomic E-state index is -2.90. The Hall–Kier alpha value is -1.67. The van der Waals surface area contributed by atoms with E-state index in [1.54, 1.807) is 0 Å². The van der Waals surface area contributed by atoms with Gasteiger partial charge in [-0.25, -0.2) is 20.3 Å². The number of hydrogen-bond donors (Lipinski definition) is 10. The van der Waals surface area contributed by atoms with Crippen molar-refractivity contribution in [2.45, 2.75) is 58.3 Å². The molecule has 0 amide bonds. The van der Waals surface area contributed by atoms with Gasteiger partial charge in [-0.3, -0.25) is 10.6 Å². The average molecular weight is 700 g/mol. The van der Waals surface area contributed by atoms with Crippen LogP contribution >= 0.6 is 22.5 Å². The molecule has 0 saturated heterocycles. The number of ether oxygens (including phenoxy) is 2.